The zero-order valence-corrected chi connectivity index (χ0v) is 16.4. The predicted octanol–water partition coefficient (Wildman–Crippen LogP) is 2.84. The van der Waals surface area contributed by atoms with Gasteiger partial charge in [-0.2, -0.15) is 23.0 Å². The van der Waals surface area contributed by atoms with Gasteiger partial charge in [0, 0.05) is 12.8 Å². The second kappa shape index (κ2) is 8.79. The third-order valence-corrected chi connectivity index (χ3v) is 4.07. The Morgan fingerprint density at radius 2 is 2.03 bits per heavy atom. The summed E-state index contributed by atoms with van der Waals surface area (Å²) < 4.78 is 56.7. The standard InChI is InChI=1S/C17H15ClF3N5O4/c1-3-29-7-12(16(27)28-2)30-15-10-6-25-26(13(10)23-8-24-15)14-11(17(19,20)21)4-9(18)5-22-14/h4-6,8,12H,3,7H2,1-2H3. The molecule has 3 aromatic heterocycles. The van der Waals surface area contributed by atoms with E-state index < -0.39 is 29.6 Å². The van der Waals surface area contributed by atoms with Gasteiger partial charge in [-0.3, -0.25) is 0 Å². The highest BCUT2D eigenvalue weighted by Gasteiger charge is 2.36. The molecule has 0 aromatic carbocycles. The lowest BCUT2D eigenvalue weighted by Gasteiger charge is -2.16. The first-order valence-corrected chi connectivity index (χ1v) is 8.88. The number of halogens is 4. The fourth-order valence-electron chi connectivity index (χ4n) is 2.52. The van der Waals surface area contributed by atoms with Gasteiger partial charge in [0.15, 0.2) is 11.5 Å². The van der Waals surface area contributed by atoms with Crippen LogP contribution >= 0.6 is 11.6 Å². The molecule has 0 saturated carbocycles. The van der Waals surface area contributed by atoms with E-state index in [9.17, 15) is 18.0 Å². The molecular weight excluding hydrogens is 431 g/mol. The van der Waals surface area contributed by atoms with Crippen molar-refractivity contribution in [1.29, 1.82) is 0 Å². The molecule has 0 amide bonds. The van der Waals surface area contributed by atoms with Gasteiger partial charge in [0.2, 0.25) is 12.0 Å². The van der Waals surface area contributed by atoms with E-state index in [1.807, 2.05) is 0 Å². The molecule has 0 aliphatic rings. The summed E-state index contributed by atoms with van der Waals surface area (Å²) >= 11 is 5.68. The van der Waals surface area contributed by atoms with Crippen LogP contribution < -0.4 is 4.74 Å². The molecule has 0 bridgehead atoms. The lowest BCUT2D eigenvalue weighted by Crippen LogP contribution is -2.33. The van der Waals surface area contributed by atoms with Crippen molar-refractivity contribution >= 4 is 28.6 Å². The van der Waals surface area contributed by atoms with Crippen molar-refractivity contribution in [2.45, 2.75) is 19.2 Å². The smallest absolute Gasteiger partial charge is 0.420 e. The summed E-state index contributed by atoms with van der Waals surface area (Å²) in [5.41, 5.74) is -1.11. The van der Waals surface area contributed by atoms with Crippen molar-refractivity contribution in [3.05, 3.63) is 35.4 Å². The number of nitrogens with zero attached hydrogens (tertiary/aromatic N) is 5. The van der Waals surface area contributed by atoms with Gasteiger partial charge in [-0.15, -0.1) is 0 Å². The molecule has 0 N–H and O–H groups in total. The molecule has 1 unspecified atom stereocenters. The van der Waals surface area contributed by atoms with E-state index in [1.54, 1.807) is 6.92 Å². The fraction of sp³-hybridized carbons (Fsp3) is 0.353. The van der Waals surface area contributed by atoms with Crippen LogP contribution in [0.4, 0.5) is 13.2 Å². The number of carbonyl (C=O) groups excluding carboxylic acids is 1. The van der Waals surface area contributed by atoms with Crippen LogP contribution in [-0.2, 0) is 20.4 Å². The maximum atomic E-state index is 13.5. The van der Waals surface area contributed by atoms with Gasteiger partial charge in [-0.25, -0.2) is 19.7 Å². The van der Waals surface area contributed by atoms with Crippen LogP contribution in [0.1, 0.15) is 12.5 Å². The Morgan fingerprint density at radius 3 is 2.70 bits per heavy atom. The van der Waals surface area contributed by atoms with Crippen LogP contribution in [-0.4, -0.2) is 57.1 Å². The second-order valence-corrected chi connectivity index (χ2v) is 6.22. The van der Waals surface area contributed by atoms with Crippen molar-refractivity contribution in [3.63, 3.8) is 0 Å². The van der Waals surface area contributed by atoms with E-state index in [4.69, 9.17) is 21.1 Å². The first-order valence-electron chi connectivity index (χ1n) is 8.50. The maximum absolute atomic E-state index is 13.5. The van der Waals surface area contributed by atoms with Crippen LogP contribution in [0.15, 0.2) is 24.8 Å². The van der Waals surface area contributed by atoms with Crippen LogP contribution in [0.2, 0.25) is 5.02 Å². The van der Waals surface area contributed by atoms with E-state index in [-0.39, 0.29) is 28.5 Å². The molecule has 0 fully saturated rings. The molecule has 13 heteroatoms. The zero-order chi connectivity index (χ0) is 21.9. The number of methoxy groups -OCH3 is 1. The number of esters is 1. The number of fused-ring (bicyclic) bond motifs is 1. The largest absolute Gasteiger partial charge is 0.466 e. The number of pyridine rings is 1. The number of hydrogen-bond donors (Lipinski definition) is 0. The third kappa shape index (κ3) is 4.44. The van der Waals surface area contributed by atoms with Crippen molar-refractivity contribution in [1.82, 2.24) is 24.7 Å². The van der Waals surface area contributed by atoms with E-state index in [2.05, 4.69) is 24.8 Å². The Morgan fingerprint density at radius 1 is 1.27 bits per heavy atom. The van der Waals surface area contributed by atoms with Gasteiger partial charge in [0.05, 0.1) is 24.9 Å². The summed E-state index contributed by atoms with van der Waals surface area (Å²) in [6.07, 6.45) is -2.54. The Balaban J connectivity index is 2.06. The van der Waals surface area contributed by atoms with Crippen molar-refractivity contribution in [3.8, 4) is 11.7 Å². The number of rotatable bonds is 7. The quantitative estimate of drug-likeness (QED) is 0.512. The Labute approximate surface area is 172 Å². The van der Waals surface area contributed by atoms with Gasteiger partial charge < -0.3 is 14.2 Å². The number of hydrogen-bond acceptors (Lipinski definition) is 8. The molecule has 0 saturated heterocycles. The lowest BCUT2D eigenvalue weighted by atomic mass is 10.2. The van der Waals surface area contributed by atoms with Crippen molar-refractivity contribution < 1.29 is 32.2 Å². The maximum Gasteiger partial charge on any atom is 0.420 e. The summed E-state index contributed by atoms with van der Waals surface area (Å²) in [4.78, 5) is 23.6. The van der Waals surface area contributed by atoms with Crippen LogP contribution in [0, 0.1) is 0 Å². The minimum Gasteiger partial charge on any atom is -0.466 e. The van der Waals surface area contributed by atoms with E-state index in [0.29, 0.717) is 6.61 Å². The summed E-state index contributed by atoms with van der Waals surface area (Å²) in [6.45, 7) is 1.95. The molecule has 160 valence electrons. The fourth-order valence-corrected chi connectivity index (χ4v) is 2.68. The third-order valence-electron chi connectivity index (χ3n) is 3.86. The number of carbonyl (C=O) groups is 1. The normalized spacial score (nSPS) is 12.7. The summed E-state index contributed by atoms with van der Waals surface area (Å²) in [6, 6.07) is 0.741. The van der Waals surface area contributed by atoms with Crippen LogP contribution in [0.25, 0.3) is 16.9 Å². The molecular formula is C17H15ClF3N5O4. The van der Waals surface area contributed by atoms with E-state index in [0.717, 1.165) is 23.3 Å². The number of aromatic nitrogens is 5. The summed E-state index contributed by atoms with van der Waals surface area (Å²) in [7, 11) is 1.18. The lowest BCUT2D eigenvalue weighted by molar-refractivity contribution is -0.151. The SMILES string of the molecule is CCOCC(Oc1ncnc2c1cnn2-c1ncc(Cl)cc1C(F)(F)F)C(=O)OC. The summed E-state index contributed by atoms with van der Waals surface area (Å²) in [5.74, 6) is -1.31. The van der Waals surface area contributed by atoms with Gasteiger partial charge in [-0.1, -0.05) is 11.6 Å². The second-order valence-electron chi connectivity index (χ2n) is 5.78. The molecule has 3 aromatic rings. The highest BCUT2D eigenvalue weighted by atomic mass is 35.5. The van der Waals surface area contributed by atoms with Gasteiger partial charge in [0.1, 0.15) is 17.3 Å². The van der Waals surface area contributed by atoms with Crippen LogP contribution in [0.3, 0.4) is 0 Å². The Kier molecular flexibility index (Phi) is 6.37. The minimum absolute atomic E-state index is 0.0136. The molecule has 0 aliphatic carbocycles. The average Bonchev–Trinajstić information content (AvgIpc) is 3.14. The molecule has 1 atom stereocenters. The van der Waals surface area contributed by atoms with Crippen molar-refractivity contribution in [2.24, 2.45) is 0 Å². The van der Waals surface area contributed by atoms with Gasteiger partial charge in [0.25, 0.3) is 0 Å². The van der Waals surface area contributed by atoms with Gasteiger partial charge in [-0.05, 0) is 13.0 Å². The molecule has 30 heavy (non-hydrogen) atoms. The van der Waals surface area contributed by atoms with E-state index in [1.165, 1.54) is 13.3 Å². The molecule has 0 aliphatic heterocycles. The number of ether oxygens (including phenoxy) is 3. The van der Waals surface area contributed by atoms with E-state index >= 15 is 0 Å². The minimum atomic E-state index is -4.73. The predicted molar refractivity (Wildman–Crippen MR) is 97.4 cm³/mol. The molecule has 9 nitrogen and oxygen atoms in total. The molecule has 3 heterocycles. The van der Waals surface area contributed by atoms with Crippen molar-refractivity contribution in [2.75, 3.05) is 20.3 Å². The van der Waals surface area contributed by atoms with Gasteiger partial charge >= 0.3 is 12.1 Å². The molecule has 0 spiro atoms. The first-order chi connectivity index (χ1) is 14.3. The highest BCUT2D eigenvalue weighted by molar-refractivity contribution is 6.30. The molecule has 0 radical (unpaired) electrons. The zero-order valence-electron chi connectivity index (χ0n) is 15.7. The molecule has 3 rings (SSSR count). The summed E-state index contributed by atoms with van der Waals surface area (Å²) in [5, 5.41) is 3.92. The Bertz CT molecular complexity index is 1060. The first kappa shape index (κ1) is 21.7. The highest BCUT2D eigenvalue weighted by Crippen LogP contribution is 2.35. The monoisotopic (exact) mass is 445 g/mol. The average molecular weight is 446 g/mol. The number of alkyl halides is 3. The Hall–Kier alpha value is -2.99. The van der Waals surface area contributed by atoms with Crippen LogP contribution in [0.5, 0.6) is 5.88 Å². The topological polar surface area (TPSA) is 101 Å².